The van der Waals surface area contributed by atoms with E-state index in [1.54, 1.807) is 11.6 Å². The van der Waals surface area contributed by atoms with Crippen molar-refractivity contribution in [1.29, 1.82) is 0 Å². The maximum atomic E-state index is 12.2. The topological polar surface area (TPSA) is 93.2 Å². The molecule has 0 atom stereocenters. The second-order valence-corrected chi connectivity index (χ2v) is 5.28. The lowest BCUT2D eigenvalue weighted by atomic mass is 10.0. The Hall–Kier alpha value is -1.56. The fourth-order valence-corrected chi connectivity index (χ4v) is 2.60. The van der Waals surface area contributed by atoms with Gasteiger partial charge in [-0.05, 0) is 26.7 Å². The summed E-state index contributed by atoms with van der Waals surface area (Å²) in [7, 11) is 0. The average Bonchev–Trinajstić information content (AvgIpc) is 2.93. The molecule has 1 saturated carbocycles. The van der Waals surface area contributed by atoms with Gasteiger partial charge < -0.3 is 16.2 Å². The molecule has 1 aromatic rings. The zero-order chi connectivity index (χ0) is 14.0. The third-order valence-electron chi connectivity index (χ3n) is 3.80. The molecule has 0 aromatic carbocycles. The van der Waals surface area contributed by atoms with Crippen LogP contribution in [0.3, 0.4) is 0 Å². The van der Waals surface area contributed by atoms with Gasteiger partial charge in [-0.25, -0.2) is 0 Å². The summed E-state index contributed by atoms with van der Waals surface area (Å²) < 4.78 is 1.60. The zero-order valence-corrected chi connectivity index (χ0v) is 11.6. The average molecular weight is 266 g/mol. The van der Waals surface area contributed by atoms with Gasteiger partial charge in [-0.15, -0.1) is 0 Å². The largest absolute Gasteiger partial charge is 0.395 e. The van der Waals surface area contributed by atoms with E-state index in [-0.39, 0.29) is 12.5 Å². The molecule has 2 rings (SSSR count). The summed E-state index contributed by atoms with van der Waals surface area (Å²) in [5, 5.41) is 17.2. The third-order valence-corrected chi connectivity index (χ3v) is 3.80. The van der Waals surface area contributed by atoms with E-state index in [0.717, 1.165) is 25.7 Å². The van der Waals surface area contributed by atoms with Crippen molar-refractivity contribution in [1.82, 2.24) is 15.1 Å². The molecule has 1 aromatic heterocycles. The fourth-order valence-electron chi connectivity index (χ4n) is 2.60. The van der Waals surface area contributed by atoms with Crippen LogP contribution in [-0.2, 0) is 6.54 Å². The minimum Gasteiger partial charge on any atom is -0.395 e. The maximum Gasteiger partial charge on any atom is 0.271 e. The summed E-state index contributed by atoms with van der Waals surface area (Å²) in [5.41, 5.74) is 6.60. The Kier molecular flexibility index (Phi) is 3.80. The minimum absolute atomic E-state index is 0.264. The number of hydrogen-bond acceptors (Lipinski definition) is 4. The van der Waals surface area contributed by atoms with Gasteiger partial charge in [-0.3, -0.25) is 9.48 Å². The van der Waals surface area contributed by atoms with E-state index >= 15 is 0 Å². The quantitative estimate of drug-likeness (QED) is 0.752. The van der Waals surface area contributed by atoms with Crippen molar-refractivity contribution in [3.05, 3.63) is 11.4 Å². The summed E-state index contributed by atoms with van der Waals surface area (Å²) >= 11 is 0. The van der Waals surface area contributed by atoms with Crippen molar-refractivity contribution in [2.75, 3.05) is 12.3 Å². The van der Waals surface area contributed by atoms with Crippen LogP contribution in [0.5, 0.6) is 0 Å². The number of rotatable bonds is 4. The highest BCUT2D eigenvalue weighted by Crippen LogP contribution is 2.28. The number of amides is 1. The Labute approximate surface area is 113 Å². The Bertz CT molecular complexity index is 475. The molecule has 1 fully saturated rings. The van der Waals surface area contributed by atoms with Gasteiger partial charge in [0.1, 0.15) is 5.69 Å². The molecule has 1 aliphatic carbocycles. The fraction of sp³-hybridized carbons (Fsp3) is 0.692. The summed E-state index contributed by atoms with van der Waals surface area (Å²) in [4.78, 5) is 12.2. The monoisotopic (exact) mass is 266 g/mol. The van der Waals surface area contributed by atoms with Gasteiger partial charge in [0.05, 0.1) is 17.0 Å². The Morgan fingerprint density at radius 2 is 2.16 bits per heavy atom. The number of nitrogen functional groups attached to an aromatic ring is 1. The molecule has 0 spiro atoms. The highest BCUT2D eigenvalue weighted by molar-refractivity contribution is 5.98. The first-order chi connectivity index (χ1) is 8.97. The number of hydrogen-bond donors (Lipinski definition) is 3. The number of anilines is 1. The third kappa shape index (κ3) is 2.73. The number of carbonyl (C=O) groups is 1. The van der Waals surface area contributed by atoms with E-state index in [4.69, 9.17) is 5.73 Å². The van der Waals surface area contributed by atoms with Crippen LogP contribution in [0.15, 0.2) is 0 Å². The van der Waals surface area contributed by atoms with Crippen LogP contribution in [0.25, 0.3) is 0 Å². The SMILES string of the molecule is CCn1nc(C)c(N)c1C(=O)NCC1(O)CCCC1. The molecule has 0 aliphatic heterocycles. The molecule has 1 amide bonds. The standard InChI is InChI=1S/C13H22N4O2/c1-3-17-11(10(14)9(2)16-17)12(18)15-8-13(19)6-4-5-7-13/h19H,3-8,14H2,1-2H3,(H,15,18). The predicted molar refractivity (Wildman–Crippen MR) is 72.8 cm³/mol. The smallest absolute Gasteiger partial charge is 0.271 e. The Morgan fingerprint density at radius 1 is 1.53 bits per heavy atom. The van der Waals surface area contributed by atoms with E-state index in [1.807, 2.05) is 6.92 Å². The normalized spacial score (nSPS) is 17.6. The van der Waals surface area contributed by atoms with E-state index in [9.17, 15) is 9.90 Å². The Morgan fingerprint density at radius 3 is 2.74 bits per heavy atom. The first-order valence-corrected chi connectivity index (χ1v) is 6.80. The van der Waals surface area contributed by atoms with Crippen LogP contribution in [0.1, 0.15) is 48.8 Å². The molecular weight excluding hydrogens is 244 g/mol. The lowest BCUT2D eigenvalue weighted by molar-refractivity contribution is 0.0447. The predicted octanol–water partition coefficient (Wildman–Crippen LogP) is 0.829. The maximum absolute atomic E-state index is 12.2. The first-order valence-electron chi connectivity index (χ1n) is 6.80. The molecule has 0 unspecified atom stereocenters. The van der Waals surface area contributed by atoms with Crippen molar-refractivity contribution < 1.29 is 9.90 Å². The van der Waals surface area contributed by atoms with E-state index in [1.165, 1.54) is 0 Å². The number of nitrogens with one attached hydrogen (secondary N) is 1. The molecule has 1 heterocycles. The lowest BCUT2D eigenvalue weighted by Gasteiger charge is -2.22. The number of carbonyl (C=O) groups excluding carboxylic acids is 1. The molecule has 0 radical (unpaired) electrons. The van der Waals surface area contributed by atoms with Crippen LogP contribution in [0.4, 0.5) is 5.69 Å². The number of nitrogens with zero attached hydrogens (tertiary/aromatic N) is 2. The van der Waals surface area contributed by atoms with Crippen LogP contribution in [0, 0.1) is 6.92 Å². The molecule has 19 heavy (non-hydrogen) atoms. The molecule has 6 heteroatoms. The number of aromatic nitrogens is 2. The van der Waals surface area contributed by atoms with Crippen LogP contribution in [0.2, 0.25) is 0 Å². The minimum atomic E-state index is -0.753. The van der Waals surface area contributed by atoms with Gasteiger partial charge in [0, 0.05) is 13.1 Å². The van der Waals surface area contributed by atoms with Crippen LogP contribution < -0.4 is 11.1 Å². The summed E-state index contributed by atoms with van der Waals surface area (Å²) in [6, 6.07) is 0. The van der Waals surface area contributed by atoms with Gasteiger partial charge >= 0.3 is 0 Å². The summed E-state index contributed by atoms with van der Waals surface area (Å²) in [6.45, 7) is 4.56. The van der Waals surface area contributed by atoms with Crippen molar-refractivity contribution in [3.63, 3.8) is 0 Å². The van der Waals surface area contributed by atoms with Crippen molar-refractivity contribution in [3.8, 4) is 0 Å². The second kappa shape index (κ2) is 5.21. The number of nitrogens with two attached hydrogens (primary N) is 1. The highest BCUT2D eigenvalue weighted by Gasteiger charge is 2.32. The zero-order valence-electron chi connectivity index (χ0n) is 11.6. The molecule has 6 nitrogen and oxygen atoms in total. The highest BCUT2D eigenvalue weighted by atomic mass is 16.3. The van der Waals surface area contributed by atoms with Crippen LogP contribution >= 0.6 is 0 Å². The van der Waals surface area contributed by atoms with E-state index in [2.05, 4.69) is 10.4 Å². The van der Waals surface area contributed by atoms with E-state index < -0.39 is 5.60 Å². The molecule has 0 saturated heterocycles. The molecular formula is C13H22N4O2. The van der Waals surface area contributed by atoms with Crippen LogP contribution in [-0.4, -0.2) is 32.9 Å². The van der Waals surface area contributed by atoms with Gasteiger partial charge in [0.15, 0.2) is 0 Å². The van der Waals surface area contributed by atoms with Crippen molar-refractivity contribution in [2.24, 2.45) is 0 Å². The molecule has 1 aliphatic rings. The summed E-state index contributed by atoms with van der Waals surface area (Å²) in [6.07, 6.45) is 3.52. The van der Waals surface area contributed by atoms with Crippen molar-refractivity contribution in [2.45, 2.75) is 51.7 Å². The van der Waals surface area contributed by atoms with E-state index in [0.29, 0.717) is 23.6 Å². The molecule has 4 N–H and O–H groups in total. The van der Waals surface area contributed by atoms with Crippen molar-refractivity contribution >= 4 is 11.6 Å². The molecule has 0 bridgehead atoms. The first kappa shape index (κ1) is 13.9. The number of aryl methyl sites for hydroxylation is 2. The van der Waals surface area contributed by atoms with Gasteiger partial charge in [-0.1, -0.05) is 12.8 Å². The number of aliphatic hydroxyl groups is 1. The van der Waals surface area contributed by atoms with Gasteiger partial charge in [0.2, 0.25) is 0 Å². The summed E-state index contributed by atoms with van der Waals surface area (Å²) in [5.74, 6) is -0.264. The van der Waals surface area contributed by atoms with Gasteiger partial charge in [0.25, 0.3) is 5.91 Å². The lowest BCUT2D eigenvalue weighted by Crippen LogP contribution is -2.41. The second-order valence-electron chi connectivity index (χ2n) is 5.28. The molecule has 106 valence electrons. The Balaban J connectivity index is 2.07. The van der Waals surface area contributed by atoms with Gasteiger partial charge in [-0.2, -0.15) is 5.10 Å².